The largest absolute Gasteiger partial charge is 0.497 e. The number of hydrogen-bond donors (Lipinski definition) is 0. The Morgan fingerprint density at radius 3 is 2.36 bits per heavy atom. The zero-order valence-corrected chi connectivity index (χ0v) is 15.9. The smallest absolute Gasteiger partial charge is 0.119 e. The van der Waals surface area contributed by atoms with E-state index in [1.54, 1.807) is 18.9 Å². The van der Waals surface area contributed by atoms with Gasteiger partial charge in [0.1, 0.15) is 11.5 Å². The van der Waals surface area contributed by atoms with Crippen molar-refractivity contribution in [2.24, 2.45) is 0 Å². The summed E-state index contributed by atoms with van der Waals surface area (Å²) in [5, 5.41) is 2.30. The number of rotatable bonds is 6. The molecule has 1 heterocycles. The highest BCUT2D eigenvalue weighted by molar-refractivity contribution is 7.99. The first-order valence-corrected chi connectivity index (χ1v) is 9.33. The Balaban J connectivity index is 1.63. The normalized spacial score (nSPS) is 10.9. The molecule has 4 heteroatoms. The zero-order chi connectivity index (χ0) is 17.8. The second-order valence-corrected chi connectivity index (χ2v) is 7.24. The zero-order valence-electron chi connectivity index (χ0n) is 15.1. The number of fused-ring (bicyclic) bond motifs is 1. The van der Waals surface area contributed by atoms with Crippen LogP contribution in [0.2, 0.25) is 0 Å². The number of methoxy groups -OCH3 is 1. The summed E-state index contributed by atoms with van der Waals surface area (Å²) < 4.78 is 10.9. The van der Waals surface area contributed by atoms with Crippen molar-refractivity contribution in [2.75, 3.05) is 19.5 Å². The monoisotopic (exact) mass is 353 g/mol. The number of thioether (sulfide) groups is 1. The van der Waals surface area contributed by atoms with Crippen LogP contribution >= 0.6 is 11.8 Å². The van der Waals surface area contributed by atoms with Crippen molar-refractivity contribution in [3.8, 4) is 11.5 Å². The van der Waals surface area contributed by atoms with Crippen molar-refractivity contribution in [3.05, 3.63) is 59.2 Å². The molecule has 0 saturated heterocycles. The molecule has 0 spiro atoms. The average molecular weight is 353 g/mol. The second kappa shape index (κ2) is 7.79. The quantitative estimate of drug-likeness (QED) is 0.442. The lowest BCUT2D eigenvalue weighted by Crippen LogP contribution is -2.01. The van der Waals surface area contributed by atoms with E-state index in [0.29, 0.717) is 6.61 Å². The Morgan fingerprint density at radius 2 is 1.64 bits per heavy atom. The van der Waals surface area contributed by atoms with Crippen LogP contribution in [0.3, 0.4) is 0 Å². The predicted molar refractivity (Wildman–Crippen MR) is 105 cm³/mol. The van der Waals surface area contributed by atoms with Gasteiger partial charge in [0, 0.05) is 11.1 Å². The molecule has 0 unspecified atom stereocenters. The second-order valence-electron chi connectivity index (χ2n) is 6.13. The van der Waals surface area contributed by atoms with Crippen LogP contribution in [0.5, 0.6) is 11.5 Å². The van der Waals surface area contributed by atoms with Gasteiger partial charge in [0.2, 0.25) is 0 Å². The highest BCUT2D eigenvalue weighted by Gasteiger charge is 2.07. The van der Waals surface area contributed by atoms with Crippen LogP contribution in [0.25, 0.3) is 10.9 Å². The maximum Gasteiger partial charge on any atom is 0.119 e. The van der Waals surface area contributed by atoms with Gasteiger partial charge in [0.05, 0.1) is 24.3 Å². The lowest BCUT2D eigenvalue weighted by molar-refractivity contribution is 0.342. The van der Waals surface area contributed by atoms with Crippen LogP contribution in [0, 0.1) is 20.8 Å². The molecule has 0 radical (unpaired) electrons. The molecule has 3 aromatic rings. The summed E-state index contributed by atoms with van der Waals surface area (Å²) in [5.74, 6) is 2.55. The first kappa shape index (κ1) is 17.6. The average Bonchev–Trinajstić information content (AvgIpc) is 2.60. The topological polar surface area (TPSA) is 31.4 Å². The third-order valence-electron chi connectivity index (χ3n) is 4.09. The van der Waals surface area contributed by atoms with Crippen LogP contribution in [0.4, 0.5) is 0 Å². The summed E-state index contributed by atoms with van der Waals surface area (Å²) in [6.07, 6.45) is 0. The molecule has 0 bridgehead atoms. The summed E-state index contributed by atoms with van der Waals surface area (Å²) in [5.41, 5.74) is 4.89. The maximum absolute atomic E-state index is 5.78. The number of aromatic nitrogens is 1. The maximum atomic E-state index is 5.78. The Morgan fingerprint density at radius 1 is 0.920 bits per heavy atom. The van der Waals surface area contributed by atoms with Gasteiger partial charge in [-0.25, -0.2) is 4.98 Å². The summed E-state index contributed by atoms with van der Waals surface area (Å²) in [4.78, 5) is 4.83. The highest BCUT2D eigenvalue weighted by Crippen LogP contribution is 2.27. The van der Waals surface area contributed by atoms with E-state index < -0.39 is 0 Å². The van der Waals surface area contributed by atoms with Crippen LogP contribution < -0.4 is 9.47 Å². The molecule has 0 amide bonds. The van der Waals surface area contributed by atoms with Gasteiger partial charge in [-0.2, -0.15) is 0 Å². The Kier molecular flexibility index (Phi) is 5.49. The Labute approximate surface area is 153 Å². The fourth-order valence-electron chi connectivity index (χ4n) is 2.87. The summed E-state index contributed by atoms with van der Waals surface area (Å²) >= 11 is 1.73. The van der Waals surface area contributed by atoms with Crippen LogP contribution in [0.1, 0.15) is 16.7 Å². The van der Waals surface area contributed by atoms with Gasteiger partial charge in [-0.1, -0.05) is 11.6 Å². The number of ether oxygens (including phenoxy) is 2. The minimum atomic E-state index is 0.642. The van der Waals surface area contributed by atoms with Gasteiger partial charge in [-0.05, 0) is 68.3 Å². The van der Waals surface area contributed by atoms with E-state index in [1.807, 2.05) is 24.3 Å². The minimum absolute atomic E-state index is 0.642. The molecule has 25 heavy (non-hydrogen) atoms. The van der Waals surface area contributed by atoms with Crippen molar-refractivity contribution in [2.45, 2.75) is 25.8 Å². The number of hydrogen-bond acceptors (Lipinski definition) is 4. The van der Waals surface area contributed by atoms with Gasteiger partial charge in [0.15, 0.2) is 0 Å². The van der Waals surface area contributed by atoms with Gasteiger partial charge in [-0.15, -0.1) is 11.8 Å². The molecular formula is C21H23NO2S. The van der Waals surface area contributed by atoms with E-state index in [1.165, 1.54) is 22.1 Å². The van der Waals surface area contributed by atoms with Crippen LogP contribution in [0.15, 0.2) is 47.5 Å². The fourth-order valence-corrected chi connectivity index (χ4v) is 3.66. The molecule has 1 aromatic heterocycles. The number of aryl methyl sites for hydroxylation is 3. The molecule has 0 aliphatic rings. The SMILES string of the molecule is COc1ccc(OCCSc2cc(C)c3cc(C)cc(C)c3n2)cc1. The summed E-state index contributed by atoms with van der Waals surface area (Å²) in [6.45, 7) is 7.05. The van der Waals surface area contributed by atoms with Crippen molar-refractivity contribution < 1.29 is 9.47 Å². The summed E-state index contributed by atoms with van der Waals surface area (Å²) in [6, 6.07) is 14.2. The molecule has 0 fully saturated rings. The number of nitrogens with zero attached hydrogens (tertiary/aromatic N) is 1. The van der Waals surface area contributed by atoms with Crippen molar-refractivity contribution in [3.63, 3.8) is 0 Å². The predicted octanol–water partition coefficient (Wildman–Crippen LogP) is 5.34. The third kappa shape index (κ3) is 4.26. The molecule has 0 saturated carbocycles. The van der Waals surface area contributed by atoms with E-state index in [9.17, 15) is 0 Å². The molecular weight excluding hydrogens is 330 g/mol. The fraction of sp³-hybridized carbons (Fsp3) is 0.286. The lowest BCUT2D eigenvalue weighted by Gasteiger charge is -2.10. The lowest BCUT2D eigenvalue weighted by atomic mass is 10.0. The molecule has 2 aromatic carbocycles. The van der Waals surface area contributed by atoms with E-state index >= 15 is 0 Å². The Hall–Kier alpha value is -2.20. The molecule has 130 valence electrons. The molecule has 0 aliphatic carbocycles. The van der Waals surface area contributed by atoms with Crippen LogP contribution in [-0.2, 0) is 0 Å². The van der Waals surface area contributed by atoms with Gasteiger partial charge >= 0.3 is 0 Å². The minimum Gasteiger partial charge on any atom is -0.497 e. The van der Waals surface area contributed by atoms with Crippen LogP contribution in [-0.4, -0.2) is 24.5 Å². The van der Waals surface area contributed by atoms with E-state index in [4.69, 9.17) is 14.5 Å². The van der Waals surface area contributed by atoms with Gasteiger partial charge in [-0.3, -0.25) is 0 Å². The van der Waals surface area contributed by atoms with Crippen molar-refractivity contribution in [1.29, 1.82) is 0 Å². The first-order valence-electron chi connectivity index (χ1n) is 8.35. The molecule has 3 nitrogen and oxygen atoms in total. The van der Waals surface area contributed by atoms with Gasteiger partial charge in [0.25, 0.3) is 0 Å². The molecule has 3 rings (SSSR count). The third-order valence-corrected chi connectivity index (χ3v) is 4.97. The number of benzene rings is 2. The first-order chi connectivity index (χ1) is 12.1. The van der Waals surface area contributed by atoms with Gasteiger partial charge < -0.3 is 9.47 Å². The molecule has 0 aliphatic heterocycles. The van der Waals surface area contributed by atoms with Crippen molar-refractivity contribution in [1.82, 2.24) is 4.98 Å². The highest BCUT2D eigenvalue weighted by atomic mass is 32.2. The van der Waals surface area contributed by atoms with E-state index in [2.05, 4.69) is 39.0 Å². The Bertz CT molecular complexity index is 875. The molecule has 0 atom stereocenters. The van der Waals surface area contributed by atoms with E-state index in [0.717, 1.165) is 27.8 Å². The van der Waals surface area contributed by atoms with Crippen molar-refractivity contribution >= 4 is 22.7 Å². The standard InChI is InChI=1S/C21H23NO2S/c1-14-11-16(3)21-19(12-14)15(2)13-20(22-21)25-10-9-24-18-7-5-17(23-4)6-8-18/h5-8,11-13H,9-10H2,1-4H3. The summed E-state index contributed by atoms with van der Waals surface area (Å²) in [7, 11) is 1.66. The van der Waals surface area contributed by atoms with E-state index in [-0.39, 0.29) is 0 Å². The molecule has 0 N–H and O–H groups in total. The number of pyridine rings is 1.